The summed E-state index contributed by atoms with van der Waals surface area (Å²) in [5, 5.41) is 5.07. The summed E-state index contributed by atoms with van der Waals surface area (Å²) < 4.78 is 16.6. The van der Waals surface area contributed by atoms with E-state index in [1.165, 1.54) is 0 Å². The Balaban J connectivity index is 1.49. The lowest BCUT2D eigenvalue weighted by Crippen LogP contribution is -2.44. The number of ether oxygens (including phenoxy) is 3. The van der Waals surface area contributed by atoms with Crippen LogP contribution in [0.15, 0.2) is 41.2 Å². The molecule has 4 rings (SSSR count). The molecule has 1 aliphatic heterocycles. The average Bonchev–Trinajstić information content (AvgIpc) is 3.39. The van der Waals surface area contributed by atoms with Gasteiger partial charge in [0, 0.05) is 30.6 Å². The van der Waals surface area contributed by atoms with Gasteiger partial charge in [-0.3, -0.25) is 4.79 Å². The fourth-order valence-corrected chi connectivity index (χ4v) is 4.90. The lowest BCUT2D eigenvalue weighted by atomic mass is 10.0. The molecule has 8 heteroatoms. The second-order valence-corrected chi connectivity index (χ2v) is 9.69. The molecule has 7 nitrogen and oxygen atoms in total. The summed E-state index contributed by atoms with van der Waals surface area (Å²) in [6.45, 7) is 6.57. The molecule has 192 valence electrons. The topological polar surface area (TPSA) is 75.8 Å². The Kier molecular flexibility index (Phi) is 8.48. The van der Waals surface area contributed by atoms with Crippen molar-refractivity contribution in [1.29, 1.82) is 0 Å². The van der Waals surface area contributed by atoms with Crippen molar-refractivity contribution in [1.82, 2.24) is 15.2 Å². The van der Waals surface area contributed by atoms with E-state index in [0.29, 0.717) is 41.8 Å². The number of aromatic nitrogens is 1. The first kappa shape index (κ1) is 26.0. The molecule has 3 aromatic rings. The van der Waals surface area contributed by atoms with Crippen LogP contribution in [0.4, 0.5) is 0 Å². The van der Waals surface area contributed by atoms with Crippen molar-refractivity contribution in [3.05, 3.63) is 69.0 Å². The lowest BCUT2D eigenvalue weighted by molar-refractivity contribution is 0.0897. The van der Waals surface area contributed by atoms with E-state index < -0.39 is 0 Å². The van der Waals surface area contributed by atoms with E-state index in [2.05, 4.69) is 28.2 Å². The van der Waals surface area contributed by atoms with E-state index in [1.54, 1.807) is 14.2 Å². The number of nitrogens with zero attached hydrogens (tertiary/aromatic N) is 1. The molecule has 0 unspecified atom stereocenters. The number of aryl methyl sites for hydroxylation is 2. The van der Waals surface area contributed by atoms with Crippen LogP contribution in [0.25, 0.3) is 10.9 Å². The Bertz CT molecular complexity index is 1280. The number of hydrogen-bond donors (Lipinski definition) is 2. The van der Waals surface area contributed by atoms with Crippen LogP contribution in [0.5, 0.6) is 11.5 Å². The standard InChI is InChI=1S/C28H35N3O4S/c1-18-7-8-19(2)26-23(18)15-21(27(32)30-26)16-31(17-22-6-5-13-35-22)28(36)29-12-11-20-9-10-24(33-3)25(14-20)34-4/h7-10,14-15,22H,5-6,11-13,16-17H2,1-4H3,(H,29,36)(H,30,32)/t22-/m1/s1. The van der Waals surface area contributed by atoms with Crippen molar-refractivity contribution < 1.29 is 14.2 Å². The number of thiocarbonyl (C=S) groups is 1. The number of pyridine rings is 1. The van der Waals surface area contributed by atoms with E-state index in [1.807, 2.05) is 37.3 Å². The molecule has 36 heavy (non-hydrogen) atoms. The third-order valence-electron chi connectivity index (χ3n) is 6.75. The summed E-state index contributed by atoms with van der Waals surface area (Å²) in [6.07, 6.45) is 2.92. The normalized spacial score (nSPS) is 15.2. The monoisotopic (exact) mass is 509 g/mol. The van der Waals surface area contributed by atoms with E-state index in [9.17, 15) is 4.79 Å². The predicted octanol–water partition coefficient (Wildman–Crippen LogP) is 4.26. The second kappa shape index (κ2) is 11.8. The van der Waals surface area contributed by atoms with Gasteiger partial charge in [-0.05, 0) is 80.2 Å². The van der Waals surface area contributed by atoms with Crippen LogP contribution >= 0.6 is 12.2 Å². The molecular formula is C28H35N3O4S. The molecular weight excluding hydrogens is 474 g/mol. The number of nitrogens with one attached hydrogen (secondary N) is 2. The van der Waals surface area contributed by atoms with E-state index in [0.717, 1.165) is 53.5 Å². The number of hydrogen-bond acceptors (Lipinski definition) is 5. The number of benzene rings is 2. The summed E-state index contributed by atoms with van der Waals surface area (Å²) in [4.78, 5) is 18.2. The first-order valence-electron chi connectivity index (χ1n) is 12.4. The second-order valence-electron chi connectivity index (χ2n) is 9.30. The Morgan fingerprint density at radius 2 is 1.92 bits per heavy atom. The van der Waals surface area contributed by atoms with Gasteiger partial charge in [-0.25, -0.2) is 0 Å². The minimum Gasteiger partial charge on any atom is -0.493 e. The Labute approximate surface area is 217 Å². The highest BCUT2D eigenvalue weighted by Crippen LogP contribution is 2.27. The maximum absolute atomic E-state index is 13.0. The number of aromatic amines is 1. The van der Waals surface area contributed by atoms with Gasteiger partial charge in [0.25, 0.3) is 5.56 Å². The Morgan fingerprint density at radius 3 is 2.64 bits per heavy atom. The molecule has 1 aliphatic rings. The molecule has 1 atom stereocenters. The van der Waals surface area contributed by atoms with Gasteiger partial charge < -0.3 is 29.4 Å². The molecule has 2 aromatic carbocycles. The zero-order valence-corrected chi connectivity index (χ0v) is 22.3. The minimum atomic E-state index is -0.0818. The summed E-state index contributed by atoms with van der Waals surface area (Å²) in [5.41, 5.74) is 4.81. The van der Waals surface area contributed by atoms with Crippen LogP contribution in [0.1, 0.15) is 35.1 Å². The van der Waals surface area contributed by atoms with Gasteiger partial charge in [0.2, 0.25) is 0 Å². The van der Waals surface area contributed by atoms with Crippen molar-refractivity contribution in [3.63, 3.8) is 0 Å². The SMILES string of the molecule is COc1ccc(CCNC(=S)N(Cc2cc3c(C)ccc(C)c3[nH]c2=O)C[C@H]2CCCO2)cc1OC. The van der Waals surface area contributed by atoms with Crippen molar-refractivity contribution in [2.24, 2.45) is 0 Å². The molecule has 2 heterocycles. The minimum absolute atomic E-state index is 0.0818. The van der Waals surface area contributed by atoms with Crippen molar-refractivity contribution in [3.8, 4) is 11.5 Å². The van der Waals surface area contributed by atoms with Crippen LogP contribution in [0.3, 0.4) is 0 Å². The zero-order valence-electron chi connectivity index (χ0n) is 21.5. The largest absolute Gasteiger partial charge is 0.493 e. The summed E-state index contributed by atoms with van der Waals surface area (Å²) in [6, 6.07) is 12.0. The summed E-state index contributed by atoms with van der Waals surface area (Å²) >= 11 is 5.80. The molecule has 2 N–H and O–H groups in total. The van der Waals surface area contributed by atoms with Gasteiger partial charge >= 0.3 is 0 Å². The number of rotatable bonds is 9. The fourth-order valence-electron chi connectivity index (χ4n) is 4.66. The lowest BCUT2D eigenvalue weighted by Gasteiger charge is -2.28. The van der Waals surface area contributed by atoms with Crippen LogP contribution in [0, 0.1) is 13.8 Å². The molecule has 0 bridgehead atoms. The van der Waals surface area contributed by atoms with Crippen molar-refractivity contribution in [2.75, 3.05) is 33.9 Å². The van der Waals surface area contributed by atoms with Gasteiger partial charge in [-0.15, -0.1) is 0 Å². The maximum Gasteiger partial charge on any atom is 0.253 e. The zero-order chi connectivity index (χ0) is 25.7. The third kappa shape index (κ3) is 5.99. The molecule has 0 saturated carbocycles. The maximum atomic E-state index is 13.0. The summed E-state index contributed by atoms with van der Waals surface area (Å²) in [5.74, 6) is 1.41. The van der Waals surface area contributed by atoms with Crippen molar-refractivity contribution >= 4 is 28.2 Å². The quantitative estimate of drug-likeness (QED) is 0.418. The number of H-pyrrole nitrogens is 1. The van der Waals surface area contributed by atoms with E-state index in [-0.39, 0.29) is 11.7 Å². The van der Waals surface area contributed by atoms with Gasteiger partial charge in [-0.2, -0.15) is 0 Å². The first-order chi connectivity index (χ1) is 17.4. The van der Waals surface area contributed by atoms with Gasteiger partial charge in [0.1, 0.15) is 0 Å². The van der Waals surface area contributed by atoms with Crippen LogP contribution < -0.4 is 20.3 Å². The number of methoxy groups -OCH3 is 2. The van der Waals surface area contributed by atoms with Crippen LogP contribution in [-0.2, 0) is 17.7 Å². The highest BCUT2D eigenvalue weighted by molar-refractivity contribution is 7.80. The average molecular weight is 510 g/mol. The first-order valence-corrected chi connectivity index (χ1v) is 12.8. The molecule has 0 aliphatic carbocycles. The highest BCUT2D eigenvalue weighted by atomic mass is 32.1. The summed E-state index contributed by atoms with van der Waals surface area (Å²) in [7, 11) is 3.26. The van der Waals surface area contributed by atoms with Crippen LogP contribution in [0.2, 0.25) is 0 Å². The van der Waals surface area contributed by atoms with Gasteiger partial charge in [0.15, 0.2) is 16.6 Å². The smallest absolute Gasteiger partial charge is 0.253 e. The van der Waals surface area contributed by atoms with Crippen LogP contribution in [-0.4, -0.2) is 55.0 Å². The van der Waals surface area contributed by atoms with E-state index in [4.69, 9.17) is 26.4 Å². The molecule has 0 spiro atoms. The molecule has 1 aromatic heterocycles. The molecule has 0 radical (unpaired) electrons. The van der Waals surface area contributed by atoms with E-state index >= 15 is 0 Å². The molecule has 1 saturated heterocycles. The third-order valence-corrected chi connectivity index (χ3v) is 7.16. The molecule has 1 fully saturated rings. The van der Waals surface area contributed by atoms with Gasteiger partial charge in [0.05, 0.1) is 32.4 Å². The molecule has 0 amide bonds. The predicted molar refractivity (Wildman–Crippen MR) is 147 cm³/mol. The fraction of sp³-hybridized carbons (Fsp3) is 0.429. The Hall–Kier alpha value is -3.10. The van der Waals surface area contributed by atoms with Crippen molar-refractivity contribution in [2.45, 2.75) is 45.8 Å². The Morgan fingerprint density at radius 1 is 1.14 bits per heavy atom. The van der Waals surface area contributed by atoms with Gasteiger partial charge in [-0.1, -0.05) is 18.2 Å². The highest BCUT2D eigenvalue weighted by Gasteiger charge is 2.22. The number of fused-ring (bicyclic) bond motifs is 1.